The van der Waals surface area contributed by atoms with Gasteiger partial charge in [0.15, 0.2) is 0 Å². The van der Waals surface area contributed by atoms with Crippen molar-refractivity contribution in [1.82, 2.24) is 0 Å². The number of anilines is 9. The summed E-state index contributed by atoms with van der Waals surface area (Å²) in [4.78, 5) is 6.88. The Morgan fingerprint density at radius 2 is 0.562 bits per heavy atom. The number of para-hydroxylation sites is 6. The number of rotatable bonds is 12. The van der Waals surface area contributed by atoms with Gasteiger partial charge in [0, 0.05) is 67.5 Å². The number of hydrogen-bond acceptors (Lipinski definition) is 4. The van der Waals surface area contributed by atoms with Gasteiger partial charge in [0.05, 0.1) is 0 Å². The summed E-state index contributed by atoms with van der Waals surface area (Å²) in [5.74, 6) is 0. The van der Waals surface area contributed by atoms with Crippen molar-refractivity contribution in [2.75, 3.05) is 14.7 Å². The summed E-state index contributed by atoms with van der Waals surface area (Å²) in [6.07, 6.45) is 1.75. The van der Waals surface area contributed by atoms with E-state index in [4.69, 9.17) is 4.42 Å². The zero-order valence-electron chi connectivity index (χ0n) is 40.7. The Bertz CT molecular complexity index is 3590. The molecular weight excluding hydrogens is 887 g/mol. The van der Waals surface area contributed by atoms with E-state index in [1.807, 2.05) is 6.92 Å². The molecule has 0 saturated carbocycles. The monoisotopic (exact) mass is 939 g/mol. The molecule has 4 heteroatoms. The van der Waals surface area contributed by atoms with E-state index >= 15 is 0 Å². The molecule has 0 bridgehead atoms. The average molecular weight is 940 g/mol. The summed E-state index contributed by atoms with van der Waals surface area (Å²) in [6, 6.07) is 101. The number of allylic oxidation sites excluding steroid dienone is 1. The lowest BCUT2D eigenvalue weighted by Gasteiger charge is -2.25. The minimum atomic E-state index is 0.848. The normalized spacial score (nSPS) is 10.9. The van der Waals surface area contributed by atoms with Crippen LogP contribution in [0.5, 0.6) is 0 Å². The SMILES string of the molecule is C=CC.c1ccc(N(c2ccccc2)c2ccc(-c3ccc4oc5c(-c6ccc(N(c7ccccc7)c7ccccc7)cc6)cc(-c6ccc(N(c7ccccc7)c7ccccc7)cc6)cc5c4c3)cc2)cc1. The van der Waals surface area contributed by atoms with Gasteiger partial charge < -0.3 is 19.1 Å². The maximum absolute atomic E-state index is 6.91. The van der Waals surface area contributed by atoms with E-state index < -0.39 is 0 Å². The molecule has 1 aromatic heterocycles. The lowest BCUT2D eigenvalue weighted by Crippen LogP contribution is -2.09. The fourth-order valence-corrected chi connectivity index (χ4v) is 9.64. The van der Waals surface area contributed by atoms with Gasteiger partial charge in [0.1, 0.15) is 11.2 Å². The van der Waals surface area contributed by atoms with Gasteiger partial charge in [-0.2, -0.15) is 0 Å². The van der Waals surface area contributed by atoms with Crippen molar-refractivity contribution in [3.05, 3.63) is 298 Å². The van der Waals surface area contributed by atoms with Gasteiger partial charge in [-0.05, 0) is 168 Å². The molecule has 1 heterocycles. The lowest BCUT2D eigenvalue weighted by atomic mass is 9.94. The standard InChI is InChI=1S/C66H47N3O.C3H6/c1-7-19-53(20-8-1)67(54-21-9-2-10-22-54)59-38-31-48(32-39-59)51-37-44-65-63(45-51)64-47-52(49-33-40-60(41-34-49)68(55-23-11-3-12-24-55)56-25-13-4-14-26-56)46-62(66(64)70-65)50-35-42-61(43-36-50)69(57-27-15-5-16-28-57)58-29-17-6-18-30-58;1-3-2/h1-47H;3H,1H2,2H3. The van der Waals surface area contributed by atoms with Crippen LogP contribution in [0.3, 0.4) is 0 Å². The molecule has 0 unspecified atom stereocenters. The fraction of sp³-hybridized carbons (Fsp3) is 0.0145. The van der Waals surface area contributed by atoms with Crippen molar-refractivity contribution in [2.24, 2.45) is 0 Å². The maximum Gasteiger partial charge on any atom is 0.143 e. The van der Waals surface area contributed by atoms with E-state index in [1.165, 1.54) is 0 Å². The largest absolute Gasteiger partial charge is 0.455 e. The Labute approximate surface area is 428 Å². The van der Waals surface area contributed by atoms with Crippen LogP contribution >= 0.6 is 0 Å². The summed E-state index contributed by atoms with van der Waals surface area (Å²) in [6.45, 7) is 5.25. The highest BCUT2D eigenvalue weighted by Crippen LogP contribution is 2.44. The zero-order valence-corrected chi connectivity index (χ0v) is 40.7. The molecule has 0 amide bonds. The Morgan fingerprint density at radius 1 is 0.288 bits per heavy atom. The Morgan fingerprint density at radius 3 is 0.904 bits per heavy atom. The smallest absolute Gasteiger partial charge is 0.143 e. The van der Waals surface area contributed by atoms with Crippen molar-refractivity contribution in [1.29, 1.82) is 0 Å². The number of fused-ring (bicyclic) bond motifs is 3. The highest BCUT2D eigenvalue weighted by atomic mass is 16.3. The minimum absolute atomic E-state index is 0.848. The fourth-order valence-electron chi connectivity index (χ4n) is 9.64. The lowest BCUT2D eigenvalue weighted by molar-refractivity contribution is 0.670. The molecule has 12 rings (SSSR count). The number of furan rings is 1. The van der Waals surface area contributed by atoms with Crippen LogP contribution in [-0.2, 0) is 0 Å². The van der Waals surface area contributed by atoms with Gasteiger partial charge in [-0.1, -0.05) is 158 Å². The molecule has 11 aromatic carbocycles. The average Bonchev–Trinajstić information content (AvgIpc) is 3.84. The van der Waals surface area contributed by atoms with Crippen LogP contribution in [0.15, 0.2) is 302 Å². The molecule has 0 aliphatic rings. The predicted molar refractivity (Wildman–Crippen MR) is 310 cm³/mol. The van der Waals surface area contributed by atoms with Crippen LogP contribution in [0.4, 0.5) is 51.2 Å². The van der Waals surface area contributed by atoms with Gasteiger partial charge in [-0.3, -0.25) is 0 Å². The Balaban J connectivity index is 0.00000187. The first-order valence-electron chi connectivity index (χ1n) is 24.7. The van der Waals surface area contributed by atoms with Gasteiger partial charge in [-0.15, -0.1) is 6.58 Å². The summed E-state index contributed by atoms with van der Waals surface area (Å²) in [5, 5.41) is 2.14. The van der Waals surface area contributed by atoms with Gasteiger partial charge in [0.2, 0.25) is 0 Å². The second-order valence-electron chi connectivity index (χ2n) is 17.8. The van der Waals surface area contributed by atoms with Crippen LogP contribution in [0, 0.1) is 0 Å². The highest BCUT2D eigenvalue weighted by molar-refractivity contribution is 6.12. The zero-order chi connectivity index (χ0) is 49.3. The van der Waals surface area contributed by atoms with Crippen molar-refractivity contribution in [3.63, 3.8) is 0 Å². The van der Waals surface area contributed by atoms with Crippen molar-refractivity contribution >= 4 is 73.1 Å². The van der Waals surface area contributed by atoms with E-state index in [0.29, 0.717) is 0 Å². The van der Waals surface area contributed by atoms with Crippen molar-refractivity contribution in [2.45, 2.75) is 6.92 Å². The van der Waals surface area contributed by atoms with Crippen LogP contribution < -0.4 is 14.7 Å². The second kappa shape index (κ2) is 21.2. The Kier molecular flexibility index (Phi) is 13.3. The molecule has 0 radical (unpaired) electrons. The predicted octanol–water partition coefficient (Wildman–Crippen LogP) is 20.2. The molecule has 0 aliphatic carbocycles. The first-order valence-corrected chi connectivity index (χ1v) is 24.7. The Hall–Kier alpha value is -9.64. The van der Waals surface area contributed by atoms with Crippen LogP contribution in [0.1, 0.15) is 6.92 Å². The number of nitrogens with zero attached hydrogens (tertiary/aromatic N) is 3. The van der Waals surface area contributed by atoms with Gasteiger partial charge in [-0.25, -0.2) is 0 Å². The maximum atomic E-state index is 6.91. The molecule has 350 valence electrons. The summed E-state index contributed by atoms with van der Waals surface area (Å²) < 4.78 is 6.91. The van der Waals surface area contributed by atoms with E-state index in [2.05, 4.69) is 306 Å². The summed E-state index contributed by atoms with van der Waals surface area (Å²) in [5.41, 5.74) is 18.2. The van der Waals surface area contributed by atoms with E-state index in [-0.39, 0.29) is 0 Å². The quantitative estimate of drug-likeness (QED) is 0.114. The molecule has 0 spiro atoms. The molecule has 0 atom stereocenters. The third-order valence-corrected chi connectivity index (χ3v) is 13.0. The van der Waals surface area contributed by atoms with Crippen LogP contribution in [0.2, 0.25) is 0 Å². The van der Waals surface area contributed by atoms with E-state index in [9.17, 15) is 0 Å². The molecule has 0 fully saturated rings. The molecular formula is C69H53N3O. The highest BCUT2D eigenvalue weighted by Gasteiger charge is 2.20. The molecule has 0 saturated heterocycles. The first kappa shape index (κ1) is 45.8. The number of benzene rings is 11. The second-order valence-corrected chi connectivity index (χ2v) is 17.8. The van der Waals surface area contributed by atoms with Crippen molar-refractivity contribution < 1.29 is 4.42 Å². The van der Waals surface area contributed by atoms with Gasteiger partial charge >= 0.3 is 0 Å². The first-order chi connectivity index (χ1) is 36.1. The van der Waals surface area contributed by atoms with Gasteiger partial charge in [0.25, 0.3) is 0 Å². The summed E-state index contributed by atoms with van der Waals surface area (Å²) >= 11 is 0. The molecule has 0 aliphatic heterocycles. The number of hydrogen-bond donors (Lipinski definition) is 0. The molecule has 0 N–H and O–H groups in total. The third kappa shape index (κ3) is 9.66. The molecule has 12 aromatic rings. The van der Waals surface area contributed by atoms with Crippen LogP contribution in [-0.4, -0.2) is 0 Å². The van der Waals surface area contributed by atoms with E-state index in [0.717, 1.165) is 107 Å². The minimum Gasteiger partial charge on any atom is -0.455 e. The van der Waals surface area contributed by atoms with Crippen molar-refractivity contribution in [3.8, 4) is 33.4 Å². The molecule has 73 heavy (non-hydrogen) atoms. The molecule has 4 nitrogen and oxygen atoms in total. The summed E-state index contributed by atoms with van der Waals surface area (Å²) in [7, 11) is 0. The topological polar surface area (TPSA) is 22.9 Å². The van der Waals surface area contributed by atoms with E-state index in [1.54, 1.807) is 6.08 Å². The third-order valence-electron chi connectivity index (χ3n) is 13.0. The van der Waals surface area contributed by atoms with Crippen LogP contribution in [0.25, 0.3) is 55.3 Å².